The summed E-state index contributed by atoms with van der Waals surface area (Å²) in [7, 11) is 0. The summed E-state index contributed by atoms with van der Waals surface area (Å²) in [5.74, 6) is -2.66. The molecular formula is C7H11F2NO. The third-order valence-electron chi connectivity index (χ3n) is 2.53. The average molecular weight is 163 g/mol. The van der Waals surface area contributed by atoms with Crippen molar-refractivity contribution in [1.29, 1.82) is 0 Å². The third kappa shape index (κ3) is 0.891. The van der Waals surface area contributed by atoms with Crippen molar-refractivity contribution >= 4 is 0 Å². The maximum Gasteiger partial charge on any atom is 0.289 e. The molecule has 1 unspecified atom stereocenters. The lowest BCUT2D eigenvalue weighted by Gasteiger charge is -2.28. The Bertz CT molecular complexity index is 160. The van der Waals surface area contributed by atoms with Crippen LogP contribution in [0.4, 0.5) is 8.78 Å². The minimum Gasteiger partial charge on any atom is -0.367 e. The van der Waals surface area contributed by atoms with E-state index >= 15 is 0 Å². The number of ether oxygens (including phenoxy) is 1. The number of alkyl halides is 2. The van der Waals surface area contributed by atoms with Crippen LogP contribution in [0, 0.1) is 0 Å². The van der Waals surface area contributed by atoms with Crippen molar-refractivity contribution in [2.45, 2.75) is 24.4 Å². The molecular weight excluding hydrogens is 152 g/mol. The van der Waals surface area contributed by atoms with E-state index in [0.717, 1.165) is 6.42 Å². The third-order valence-corrected chi connectivity index (χ3v) is 2.53. The molecule has 11 heavy (non-hydrogen) atoms. The van der Waals surface area contributed by atoms with Gasteiger partial charge in [0, 0.05) is 13.2 Å². The topological polar surface area (TPSA) is 21.3 Å². The highest BCUT2D eigenvalue weighted by Crippen LogP contribution is 2.42. The van der Waals surface area contributed by atoms with Crippen LogP contribution in [0.25, 0.3) is 0 Å². The van der Waals surface area contributed by atoms with Crippen LogP contribution >= 0.6 is 0 Å². The molecule has 64 valence electrons. The van der Waals surface area contributed by atoms with Gasteiger partial charge in [0.1, 0.15) is 5.60 Å². The highest BCUT2D eigenvalue weighted by molar-refractivity contribution is 5.05. The molecule has 4 heteroatoms. The predicted octanol–water partition coefficient (Wildman–Crippen LogP) is 0.774. The van der Waals surface area contributed by atoms with Gasteiger partial charge in [-0.1, -0.05) is 0 Å². The van der Waals surface area contributed by atoms with Gasteiger partial charge in [-0.3, -0.25) is 0 Å². The molecule has 0 bridgehead atoms. The molecule has 2 saturated heterocycles. The van der Waals surface area contributed by atoms with Crippen LogP contribution < -0.4 is 5.32 Å². The van der Waals surface area contributed by atoms with Gasteiger partial charge < -0.3 is 10.1 Å². The first kappa shape index (κ1) is 7.43. The summed E-state index contributed by atoms with van der Waals surface area (Å²) in [4.78, 5) is 0. The van der Waals surface area contributed by atoms with Gasteiger partial charge in [-0.05, 0) is 12.8 Å². The molecule has 2 fully saturated rings. The number of hydrogen-bond donors (Lipinski definition) is 1. The first-order valence-corrected chi connectivity index (χ1v) is 3.89. The summed E-state index contributed by atoms with van der Waals surface area (Å²) >= 11 is 0. The molecule has 0 radical (unpaired) electrons. The smallest absolute Gasteiger partial charge is 0.289 e. The van der Waals surface area contributed by atoms with Gasteiger partial charge >= 0.3 is 0 Å². The zero-order valence-corrected chi connectivity index (χ0v) is 6.20. The Balaban J connectivity index is 2.22. The normalized spacial score (nSPS) is 42.0. The molecule has 0 amide bonds. The van der Waals surface area contributed by atoms with Crippen molar-refractivity contribution in [3.05, 3.63) is 0 Å². The lowest BCUT2D eigenvalue weighted by molar-refractivity contribution is -0.153. The molecule has 0 saturated carbocycles. The lowest BCUT2D eigenvalue weighted by Crippen LogP contribution is -2.46. The predicted molar refractivity (Wildman–Crippen MR) is 35.7 cm³/mol. The summed E-state index contributed by atoms with van der Waals surface area (Å²) in [5.41, 5.74) is -1.16. The van der Waals surface area contributed by atoms with Crippen molar-refractivity contribution in [3.8, 4) is 0 Å². The highest BCUT2D eigenvalue weighted by atomic mass is 19.3. The number of rotatable bonds is 0. The maximum absolute atomic E-state index is 13.1. The van der Waals surface area contributed by atoms with Crippen LogP contribution in [0.1, 0.15) is 12.8 Å². The van der Waals surface area contributed by atoms with E-state index in [1.165, 1.54) is 0 Å². The van der Waals surface area contributed by atoms with E-state index in [1.807, 2.05) is 0 Å². The molecule has 2 rings (SSSR count). The Morgan fingerprint density at radius 2 is 2.09 bits per heavy atom. The lowest BCUT2D eigenvalue weighted by atomic mass is 9.96. The number of hydrogen-bond acceptors (Lipinski definition) is 2. The SMILES string of the molecule is FC1(F)CNCC12CCCO2. The van der Waals surface area contributed by atoms with E-state index in [9.17, 15) is 8.78 Å². The van der Waals surface area contributed by atoms with E-state index in [-0.39, 0.29) is 6.54 Å². The molecule has 2 nitrogen and oxygen atoms in total. The molecule has 0 aromatic heterocycles. The van der Waals surface area contributed by atoms with Gasteiger partial charge in [0.25, 0.3) is 5.92 Å². The highest BCUT2D eigenvalue weighted by Gasteiger charge is 2.59. The number of nitrogens with one attached hydrogen (secondary N) is 1. The Morgan fingerprint density at radius 3 is 2.55 bits per heavy atom. The fraction of sp³-hybridized carbons (Fsp3) is 1.00. The molecule has 1 N–H and O–H groups in total. The fourth-order valence-corrected chi connectivity index (χ4v) is 1.84. The fourth-order valence-electron chi connectivity index (χ4n) is 1.84. The summed E-state index contributed by atoms with van der Waals surface area (Å²) in [6, 6.07) is 0. The van der Waals surface area contributed by atoms with E-state index in [2.05, 4.69) is 5.32 Å². The largest absolute Gasteiger partial charge is 0.367 e. The van der Waals surface area contributed by atoms with Crippen LogP contribution in [0.5, 0.6) is 0 Å². The van der Waals surface area contributed by atoms with Gasteiger partial charge in [0.2, 0.25) is 0 Å². The first-order chi connectivity index (χ1) is 5.16. The molecule has 0 aliphatic carbocycles. The van der Waals surface area contributed by atoms with Gasteiger partial charge in [-0.2, -0.15) is 0 Å². The second-order valence-electron chi connectivity index (χ2n) is 3.25. The minimum absolute atomic E-state index is 0.229. The summed E-state index contributed by atoms with van der Waals surface area (Å²) in [6.45, 7) is 0.560. The van der Waals surface area contributed by atoms with E-state index in [4.69, 9.17) is 4.74 Å². The van der Waals surface area contributed by atoms with Crippen molar-refractivity contribution < 1.29 is 13.5 Å². The Kier molecular flexibility index (Phi) is 1.44. The quantitative estimate of drug-likeness (QED) is 0.569. The van der Waals surface area contributed by atoms with Crippen LogP contribution in [-0.2, 0) is 4.74 Å². The molecule has 1 atom stereocenters. The average Bonchev–Trinajstić information content (AvgIpc) is 2.45. The maximum atomic E-state index is 13.1. The molecule has 0 aromatic rings. The summed E-state index contributed by atoms with van der Waals surface area (Å²) in [6.07, 6.45) is 1.25. The standard InChI is InChI=1S/C7H11F2NO/c8-7(9)5-10-4-6(7)2-1-3-11-6/h10H,1-5H2. The Labute approximate surface area is 63.9 Å². The number of halogens is 2. The summed E-state index contributed by atoms with van der Waals surface area (Å²) in [5, 5.41) is 2.67. The summed E-state index contributed by atoms with van der Waals surface area (Å²) < 4.78 is 31.3. The van der Waals surface area contributed by atoms with Crippen molar-refractivity contribution in [2.75, 3.05) is 19.7 Å². The second-order valence-corrected chi connectivity index (χ2v) is 3.25. The zero-order valence-electron chi connectivity index (χ0n) is 6.20. The van der Waals surface area contributed by atoms with E-state index in [1.54, 1.807) is 0 Å². The molecule has 1 spiro atoms. The van der Waals surface area contributed by atoms with Gasteiger partial charge in [-0.25, -0.2) is 8.78 Å². The van der Waals surface area contributed by atoms with Crippen molar-refractivity contribution in [2.24, 2.45) is 0 Å². The zero-order chi connectivity index (χ0) is 7.95. The first-order valence-electron chi connectivity index (χ1n) is 3.89. The van der Waals surface area contributed by atoms with E-state index < -0.39 is 11.5 Å². The molecule has 2 heterocycles. The van der Waals surface area contributed by atoms with Gasteiger partial charge in [0.05, 0.1) is 6.54 Å². The molecule has 2 aliphatic heterocycles. The van der Waals surface area contributed by atoms with Crippen LogP contribution in [-0.4, -0.2) is 31.2 Å². The van der Waals surface area contributed by atoms with Crippen LogP contribution in [0.3, 0.4) is 0 Å². The van der Waals surface area contributed by atoms with Crippen molar-refractivity contribution in [1.82, 2.24) is 5.32 Å². The molecule has 0 aromatic carbocycles. The van der Waals surface area contributed by atoms with Crippen molar-refractivity contribution in [3.63, 3.8) is 0 Å². The minimum atomic E-state index is -2.66. The Morgan fingerprint density at radius 1 is 1.27 bits per heavy atom. The van der Waals surface area contributed by atoms with Gasteiger partial charge in [0.15, 0.2) is 0 Å². The van der Waals surface area contributed by atoms with E-state index in [0.29, 0.717) is 19.6 Å². The monoisotopic (exact) mass is 163 g/mol. The Hall–Kier alpha value is -0.220. The van der Waals surface area contributed by atoms with Gasteiger partial charge in [-0.15, -0.1) is 0 Å². The molecule has 2 aliphatic rings. The van der Waals surface area contributed by atoms with Crippen LogP contribution in [0.2, 0.25) is 0 Å². The second kappa shape index (κ2) is 2.14. The van der Waals surface area contributed by atoms with Crippen LogP contribution in [0.15, 0.2) is 0 Å².